The van der Waals surface area contributed by atoms with Gasteiger partial charge >= 0.3 is 0 Å². The second kappa shape index (κ2) is 7.31. The Bertz CT molecular complexity index is 297. The van der Waals surface area contributed by atoms with Gasteiger partial charge < -0.3 is 14.7 Å². The number of sulfone groups is 1. The summed E-state index contributed by atoms with van der Waals surface area (Å²) in [5.74, 6) is 0.272. The summed E-state index contributed by atoms with van der Waals surface area (Å²) in [6.07, 6.45) is 4.19. The van der Waals surface area contributed by atoms with Crippen molar-refractivity contribution in [3.8, 4) is 0 Å². The SMILES string of the molecule is CS(=O)(=O)CCCN1CCC(OCCO)CC1. The zero-order valence-electron chi connectivity index (χ0n) is 10.5. The average Bonchev–Trinajstić information content (AvgIpc) is 2.26. The fourth-order valence-corrected chi connectivity index (χ4v) is 2.72. The minimum atomic E-state index is -2.83. The number of piperidine rings is 1. The molecule has 0 radical (unpaired) electrons. The van der Waals surface area contributed by atoms with Crippen LogP contribution < -0.4 is 0 Å². The van der Waals surface area contributed by atoms with E-state index < -0.39 is 9.84 Å². The van der Waals surface area contributed by atoms with Crippen molar-refractivity contribution >= 4 is 9.84 Å². The van der Waals surface area contributed by atoms with E-state index >= 15 is 0 Å². The van der Waals surface area contributed by atoms with E-state index in [1.54, 1.807) is 0 Å². The molecular weight excluding hydrogens is 242 g/mol. The van der Waals surface area contributed by atoms with Gasteiger partial charge in [0.25, 0.3) is 0 Å². The molecule has 1 N–H and O–H groups in total. The highest BCUT2D eigenvalue weighted by Crippen LogP contribution is 2.13. The van der Waals surface area contributed by atoms with E-state index in [0.717, 1.165) is 32.5 Å². The molecule has 0 amide bonds. The Balaban J connectivity index is 2.11. The molecule has 1 rings (SSSR count). The number of aliphatic hydroxyl groups is 1. The minimum absolute atomic E-state index is 0.0780. The molecule has 0 aromatic carbocycles. The van der Waals surface area contributed by atoms with Crippen molar-refractivity contribution in [2.75, 3.05) is 44.9 Å². The molecule has 1 fully saturated rings. The number of hydrogen-bond donors (Lipinski definition) is 1. The van der Waals surface area contributed by atoms with Crippen molar-refractivity contribution in [3.63, 3.8) is 0 Å². The quantitative estimate of drug-likeness (QED) is 0.696. The molecule has 0 spiro atoms. The van der Waals surface area contributed by atoms with Gasteiger partial charge in [-0.25, -0.2) is 8.42 Å². The normalized spacial score (nSPS) is 19.6. The molecule has 0 aromatic rings. The van der Waals surface area contributed by atoms with Crippen LogP contribution >= 0.6 is 0 Å². The molecule has 0 unspecified atom stereocenters. The molecule has 1 aliphatic heterocycles. The van der Waals surface area contributed by atoms with Gasteiger partial charge in [-0.2, -0.15) is 0 Å². The van der Waals surface area contributed by atoms with Gasteiger partial charge in [-0.3, -0.25) is 0 Å². The van der Waals surface area contributed by atoms with Gasteiger partial charge in [0, 0.05) is 19.3 Å². The lowest BCUT2D eigenvalue weighted by Crippen LogP contribution is -2.38. The first kappa shape index (κ1) is 14.9. The highest BCUT2D eigenvalue weighted by atomic mass is 32.2. The van der Waals surface area contributed by atoms with Crippen LogP contribution in [-0.2, 0) is 14.6 Å². The Kier molecular flexibility index (Phi) is 6.40. The number of aliphatic hydroxyl groups excluding tert-OH is 1. The summed E-state index contributed by atoms with van der Waals surface area (Å²) in [4.78, 5) is 2.28. The smallest absolute Gasteiger partial charge is 0.147 e. The molecular formula is C11H23NO4S. The van der Waals surface area contributed by atoms with Crippen LogP contribution in [0.5, 0.6) is 0 Å². The van der Waals surface area contributed by atoms with Gasteiger partial charge in [-0.05, 0) is 25.8 Å². The summed E-state index contributed by atoms with van der Waals surface area (Å²) < 4.78 is 27.4. The number of rotatable bonds is 7. The topological polar surface area (TPSA) is 66.8 Å². The molecule has 1 saturated heterocycles. The van der Waals surface area contributed by atoms with Crippen molar-refractivity contribution in [2.24, 2.45) is 0 Å². The minimum Gasteiger partial charge on any atom is -0.394 e. The van der Waals surface area contributed by atoms with Crippen LogP contribution in [0, 0.1) is 0 Å². The largest absolute Gasteiger partial charge is 0.394 e. The summed E-state index contributed by atoms with van der Waals surface area (Å²) in [5, 5.41) is 8.65. The third-order valence-electron chi connectivity index (χ3n) is 2.97. The van der Waals surface area contributed by atoms with Gasteiger partial charge in [0.1, 0.15) is 9.84 Å². The molecule has 0 aliphatic carbocycles. The molecule has 1 heterocycles. The molecule has 102 valence electrons. The lowest BCUT2D eigenvalue weighted by atomic mass is 10.1. The van der Waals surface area contributed by atoms with Gasteiger partial charge in [-0.1, -0.05) is 0 Å². The predicted molar refractivity (Wildman–Crippen MR) is 66.8 cm³/mol. The lowest BCUT2D eigenvalue weighted by molar-refractivity contribution is -0.00760. The first-order chi connectivity index (χ1) is 8.01. The molecule has 5 nitrogen and oxygen atoms in total. The lowest BCUT2D eigenvalue weighted by Gasteiger charge is -2.31. The zero-order chi connectivity index (χ0) is 12.7. The van der Waals surface area contributed by atoms with Crippen LogP contribution in [0.2, 0.25) is 0 Å². The monoisotopic (exact) mass is 265 g/mol. The van der Waals surface area contributed by atoms with E-state index in [2.05, 4.69) is 4.90 Å². The fourth-order valence-electron chi connectivity index (χ4n) is 2.07. The number of likely N-dealkylation sites (tertiary alicyclic amines) is 1. The van der Waals surface area contributed by atoms with Crippen LogP contribution in [-0.4, -0.2) is 69.4 Å². The third kappa shape index (κ3) is 6.98. The summed E-state index contributed by atoms with van der Waals surface area (Å²) in [5.41, 5.74) is 0. The fraction of sp³-hybridized carbons (Fsp3) is 1.00. The van der Waals surface area contributed by atoms with E-state index in [9.17, 15) is 8.42 Å². The second-order valence-corrected chi connectivity index (χ2v) is 6.88. The number of ether oxygens (including phenoxy) is 1. The number of hydrogen-bond acceptors (Lipinski definition) is 5. The molecule has 0 bridgehead atoms. The average molecular weight is 265 g/mol. The molecule has 6 heteroatoms. The Morgan fingerprint density at radius 1 is 1.35 bits per heavy atom. The Morgan fingerprint density at radius 2 is 2.00 bits per heavy atom. The Morgan fingerprint density at radius 3 is 2.53 bits per heavy atom. The highest BCUT2D eigenvalue weighted by molar-refractivity contribution is 7.90. The van der Waals surface area contributed by atoms with Crippen LogP contribution in [0.15, 0.2) is 0 Å². The maximum atomic E-state index is 11.0. The van der Waals surface area contributed by atoms with Gasteiger partial charge in [0.05, 0.1) is 25.1 Å². The van der Waals surface area contributed by atoms with E-state index in [-0.39, 0.29) is 18.5 Å². The standard InChI is InChI=1S/C11H23NO4S/c1-17(14,15)10-2-5-12-6-3-11(4-7-12)16-9-8-13/h11,13H,2-10H2,1H3. The van der Waals surface area contributed by atoms with Gasteiger partial charge in [0.15, 0.2) is 0 Å². The summed E-state index contributed by atoms with van der Waals surface area (Å²) in [7, 11) is -2.83. The maximum Gasteiger partial charge on any atom is 0.147 e. The molecule has 0 atom stereocenters. The van der Waals surface area contributed by atoms with Crippen molar-refractivity contribution < 1.29 is 18.3 Å². The number of nitrogens with zero attached hydrogens (tertiary/aromatic N) is 1. The van der Waals surface area contributed by atoms with Crippen molar-refractivity contribution in [1.82, 2.24) is 4.90 Å². The molecule has 17 heavy (non-hydrogen) atoms. The van der Waals surface area contributed by atoms with E-state index in [0.29, 0.717) is 13.0 Å². The molecule has 0 aromatic heterocycles. The van der Waals surface area contributed by atoms with E-state index in [4.69, 9.17) is 9.84 Å². The third-order valence-corrected chi connectivity index (χ3v) is 4.00. The van der Waals surface area contributed by atoms with Crippen molar-refractivity contribution in [2.45, 2.75) is 25.4 Å². The molecule has 1 aliphatic rings. The van der Waals surface area contributed by atoms with Crippen LogP contribution in [0.4, 0.5) is 0 Å². The van der Waals surface area contributed by atoms with Crippen LogP contribution in [0.3, 0.4) is 0 Å². The summed E-state index contributed by atoms with van der Waals surface area (Å²) in [6.45, 7) is 3.26. The predicted octanol–water partition coefficient (Wildman–Crippen LogP) is -0.106. The second-order valence-electron chi connectivity index (χ2n) is 4.62. The van der Waals surface area contributed by atoms with E-state index in [1.807, 2.05) is 0 Å². The first-order valence-electron chi connectivity index (χ1n) is 6.14. The summed E-state index contributed by atoms with van der Waals surface area (Å²) >= 11 is 0. The Hall–Kier alpha value is -0.170. The van der Waals surface area contributed by atoms with E-state index in [1.165, 1.54) is 6.26 Å². The van der Waals surface area contributed by atoms with Crippen LogP contribution in [0.25, 0.3) is 0 Å². The highest BCUT2D eigenvalue weighted by Gasteiger charge is 2.19. The zero-order valence-corrected chi connectivity index (χ0v) is 11.3. The maximum absolute atomic E-state index is 11.0. The van der Waals surface area contributed by atoms with Gasteiger partial charge in [-0.15, -0.1) is 0 Å². The van der Waals surface area contributed by atoms with Crippen LogP contribution in [0.1, 0.15) is 19.3 Å². The Labute approximate surface area is 104 Å². The van der Waals surface area contributed by atoms with Crippen molar-refractivity contribution in [1.29, 1.82) is 0 Å². The van der Waals surface area contributed by atoms with Crippen molar-refractivity contribution in [3.05, 3.63) is 0 Å². The molecule has 0 saturated carbocycles. The summed E-state index contributed by atoms with van der Waals surface area (Å²) in [6, 6.07) is 0. The first-order valence-corrected chi connectivity index (χ1v) is 8.20. The van der Waals surface area contributed by atoms with Gasteiger partial charge in [0.2, 0.25) is 0 Å².